The number of rotatable bonds is 8. The standard InChI is InChI=1S/C26H28F2N2O2S/c1-16(31)30-24(12-17-10-20(27)14-21(28)11-17)25(32)15-29-23-5-2-4-18-7-8-19(13-22(18)23)26-6-3-9-33-26/h3,6-11,13-14,23-25,29,32H,2,4-5,12,15H2,1H3,(H,30,31)/t23?,24-,25+/m0/s1. The molecular weight excluding hydrogens is 442 g/mol. The van der Waals surface area contributed by atoms with Crippen molar-refractivity contribution in [1.82, 2.24) is 10.6 Å². The average Bonchev–Trinajstić information content (AvgIpc) is 3.30. The zero-order chi connectivity index (χ0) is 23.4. The fourth-order valence-electron chi connectivity index (χ4n) is 4.54. The van der Waals surface area contributed by atoms with Gasteiger partial charge in [-0.25, -0.2) is 8.78 Å². The largest absolute Gasteiger partial charge is 0.390 e. The summed E-state index contributed by atoms with van der Waals surface area (Å²) in [7, 11) is 0. The lowest BCUT2D eigenvalue weighted by Gasteiger charge is -2.30. The molecule has 1 unspecified atom stereocenters. The number of fused-ring (bicyclic) bond motifs is 1. The van der Waals surface area contributed by atoms with Crippen LogP contribution in [0.4, 0.5) is 8.78 Å². The number of thiophene rings is 1. The van der Waals surface area contributed by atoms with Crippen molar-refractivity contribution >= 4 is 17.2 Å². The van der Waals surface area contributed by atoms with E-state index in [4.69, 9.17) is 0 Å². The van der Waals surface area contributed by atoms with Crippen LogP contribution in [0.25, 0.3) is 10.4 Å². The van der Waals surface area contributed by atoms with E-state index in [9.17, 15) is 18.7 Å². The Bertz CT molecular complexity index is 1080. The van der Waals surface area contributed by atoms with Gasteiger partial charge >= 0.3 is 0 Å². The number of aliphatic hydroxyl groups excluding tert-OH is 1. The van der Waals surface area contributed by atoms with Crippen LogP contribution < -0.4 is 10.6 Å². The van der Waals surface area contributed by atoms with Gasteiger partial charge in [0.25, 0.3) is 0 Å². The number of carbonyl (C=O) groups is 1. The fraction of sp³-hybridized carbons (Fsp3) is 0.346. The number of aryl methyl sites for hydroxylation is 1. The molecular formula is C26H28F2N2O2S. The van der Waals surface area contributed by atoms with Crippen molar-refractivity contribution in [2.24, 2.45) is 0 Å². The van der Waals surface area contributed by atoms with Crippen LogP contribution in [0.15, 0.2) is 53.9 Å². The molecule has 1 aliphatic carbocycles. The molecule has 1 aromatic heterocycles. The molecule has 1 aliphatic rings. The van der Waals surface area contributed by atoms with Gasteiger partial charge in [-0.1, -0.05) is 18.2 Å². The van der Waals surface area contributed by atoms with Gasteiger partial charge in [-0.2, -0.15) is 0 Å². The van der Waals surface area contributed by atoms with Crippen LogP contribution in [-0.2, 0) is 17.6 Å². The number of nitrogens with one attached hydrogen (secondary N) is 2. The van der Waals surface area contributed by atoms with Crippen LogP contribution in [-0.4, -0.2) is 29.7 Å². The molecule has 2 aromatic carbocycles. The maximum Gasteiger partial charge on any atom is 0.217 e. The molecule has 174 valence electrons. The molecule has 4 rings (SSSR count). The molecule has 0 saturated heterocycles. The molecule has 0 spiro atoms. The lowest BCUT2D eigenvalue weighted by molar-refractivity contribution is -0.120. The van der Waals surface area contributed by atoms with Gasteiger partial charge in [-0.15, -0.1) is 11.3 Å². The van der Waals surface area contributed by atoms with Crippen LogP contribution >= 0.6 is 11.3 Å². The van der Waals surface area contributed by atoms with Gasteiger partial charge < -0.3 is 15.7 Å². The summed E-state index contributed by atoms with van der Waals surface area (Å²) < 4.78 is 27.2. The second-order valence-corrected chi connectivity index (χ2v) is 9.55. The fourth-order valence-corrected chi connectivity index (χ4v) is 5.26. The second-order valence-electron chi connectivity index (χ2n) is 8.60. The summed E-state index contributed by atoms with van der Waals surface area (Å²) >= 11 is 1.70. The Kier molecular flexibility index (Phi) is 7.53. The number of benzene rings is 2. The Morgan fingerprint density at radius 2 is 1.97 bits per heavy atom. The lowest BCUT2D eigenvalue weighted by atomic mass is 9.86. The Balaban J connectivity index is 1.47. The average molecular weight is 471 g/mol. The molecule has 0 radical (unpaired) electrons. The summed E-state index contributed by atoms with van der Waals surface area (Å²) in [5.41, 5.74) is 4.11. The van der Waals surface area contributed by atoms with E-state index in [-0.39, 0.29) is 24.9 Å². The van der Waals surface area contributed by atoms with Crippen LogP contribution in [0.5, 0.6) is 0 Å². The molecule has 0 aliphatic heterocycles. The maximum atomic E-state index is 13.6. The maximum absolute atomic E-state index is 13.6. The van der Waals surface area contributed by atoms with E-state index in [1.165, 1.54) is 40.6 Å². The van der Waals surface area contributed by atoms with E-state index in [1.807, 2.05) is 6.07 Å². The molecule has 0 fully saturated rings. The van der Waals surface area contributed by atoms with Gasteiger partial charge in [0.15, 0.2) is 0 Å². The Hall–Kier alpha value is -2.61. The van der Waals surface area contributed by atoms with Crippen molar-refractivity contribution in [3.8, 4) is 10.4 Å². The van der Waals surface area contributed by atoms with Crippen molar-refractivity contribution < 1.29 is 18.7 Å². The number of amides is 1. The van der Waals surface area contributed by atoms with Gasteiger partial charge in [0.2, 0.25) is 5.91 Å². The van der Waals surface area contributed by atoms with E-state index < -0.39 is 23.8 Å². The molecule has 33 heavy (non-hydrogen) atoms. The van der Waals surface area contributed by atoms with E-state index in [0.717, 1.165) is 25.3 Å². The number of carbonyl (C=O) groups excluding carboxylic acids is 1. The molecule has 1 heterocycles. The van der Waals surface area contributed by atoms with Gasteiger partial charge in [0.05, 0.1) is 12.1 Å². The van der Waals surface area contributed by atoms with Crippen molar-refractivity contribution in [2.45, 2.75) is 50.8 Å². The smallest absolute Gasteiger partial charge is 0.217 e. The number of hydrogen-bond acceptors (Lipinski definition) is 4. The summed E-state index contributed by atoms with van der Waals surface area (Å²) in [6.45, 7) is 1.61. The molecule has 7 heteroatoms. The Labute approximate surface area is 196 Å². The molecule has 4 nitrogen and oxygen atoms in total. The number of hydrogen-bond donors (Lipinski definition) is 3. The van der Waals surface area contributed by atoms with E-state index in [0.29, 0.717) is 5.56 Å². The van der Waals surface area contributed by atoms with Crippen molar-refractivity contribution in [1.29, 1.82) is 0 Å². The number of halogens is 2. The normalized spacial score (nSPS) is 17.3. The van der Waals surface area contributed by atoms with Crippen LogP contribution in [0.1, 0.15) is 42.5 Å². The first-order valence-electron chi connectivity index (χ1n) is 11.2. The number of aliphatic hydroxyl groups is 1. The molecule has 3 N–H and O–H groups in total. The van der Waals surface area contributed by atoms with E-state index >= 15 is 0 Å². The molecule has 3 atom stereocenters. The summed E-state index contributed by atoms with van der Waals surface area (Å²) in [5.74, 6) is -1.67. The van der Waals surface area contributed by atoms with E-state index in [1.54, 1.807) is 11.3 Å². The van der Waals surface area contributed by atoms with Crippen molar-refractivity contribution in [3.05, 3.63) is 82.2 Å². The molecule has 0 saturated carbocycles. The first-order chi connectivity index (χ1) is 15.9. The third-order valence-electron chi connectivity index (χ3n) is 6.07. The third kappa shape index (κ3) is 6.05. The first kappa shape index (κ1) is 23.5. The quantitative estimate of drug-likeness (QED) is 0.445. The van der Waals surface area contributed by atoms with Crippen molar-refractivity contribution in [2.75, 3.05) is 6.54 Å². The summed E-state index contributed by atoms with van der Waals surface area (Å²) in [6.07, 6.45) is 2.23. The summed E-state index contributed by atoms with van der Waals surface area (Å²) in [5, 5.41) is 19.1. The Morgan fingerprint density at radius 3 is 2.67 bits per heavy atom. The highest BCUT2D eigenvalue weighted by Gasteiger charge is 2.25. The van der Waals surface area contributed by atoms with Crippen molar-refractivity contribution in [3.63, 3.8) is 0 Å². The minimum Gasteiger partial charge on any atom is -0.390 e. The van der Waals surface area contributed by atoms with Gasteiger partial charge in [0.1, 0.15) is 11.6 Å². The van der Waals surface area contributed by atoms with Gasteiger partial charge in [-0.05, 0) is 77.6 Å². The highest BCUT2D eigenvalue weighted by molar-refractivity contribution is 7.13. The Morgan fingerprint density at radius 1 is 1.18 bits per heavy atom. The van der Waals surface area contributed by atoms with Gasteiger partial charge in [-0.3, -0.25) is 4.79 Å². The second kappa shape index (κ2) is 10.5. The topological polar surface area (TPSA) is 61.4 Å². The minimum absolute atomic E-state index is 0.0907. The molecule has 0 bridgehead atoms. The highest BCUT2D eigenvalue weighted by Crippen LogP contribution is 2.34. The molecule has 3 aromatic rings. The summed E-state index contributed by atoms with van der Waals surface area (Å²) in [4.78, 5) is 12.9. The first-order valence-corrected chi connectivity index (χ1v) is 12.1. The predicted octanol–water partition coefficient (Wildman–Crippen LogP) is 4.77. The minimum atomic E-state index is -0.925. The molecule has 1 amide bonds. The zero-order valence-electron chi connectivity index (χ0n) is 18.5. The van der Waals surface area contributed by atoms with Crippen LogP contribution in [0.3, 0.4) is 0 Å². The van der Waals surface area contributed by atoms with Gasteiger partial charge in [0, 0.05) is 30.5 Å². The lowest BCUT2D eigenvalue weighted by Crippen LogP contribution is -2.48. The predicted molar refractivity (Wildman–Crippen MR) is 127 cm³/mol. The van der Waals surface area contributed by atoms with Crippen LogP contribution in [0, 0.1) is 11.6 Å². The highest BCUT2D eigenvalue weighted by atomic mass is 32.1. The van der Waals surface area contributed by atoms with Crippen LogP contribution in [0.2, 0.25) is 0 Å². The SMILES string of the molecule is CC(=O)N[C@@H](Cc1cc(F)cc(F)c1)[C@H](O)CNC1CCCc2ccc(-c3cccs3)cc21. The third-order valence-corrected chi connectivity index (χ3v) is 6.99. The monoisotopic (exact) mass is 470 g/mol. The summed E-state index contributed by atoms with van der Waals surface area (Å²) in [6, 6.07) is 13.4. The zero-order valence-corrected chi connectivity index (χ0v) is 19.3. The van der Waals surface area contributed by atoms with E-state index in [2.05, 4.69) is 40.3 Å².